The third kappa shape index (κ3) is 4.99. The van der Waals surface area contributed by atoms with Gasteiger partial charge in [0.1, 0.15) is 6.04 Å². The van der Waals surface area contributed by atoms with Crippen LogP contribution in [0.2, 0.25) is 0 Å². The molecule has 0 radical (unpaired) electrons. The fraction of sp³-hybridized carbons (Fsp3) is 0.667. The van der Waals surface area contributed by atoms with E-state index in [-0.39, 0.29) is 18.4 Å². The summed E-state index contributed by atoms with van der Waals surface area (Å²) in [6.07, 6.45) is 4.62. The van der Waals surface area contributed by atoms with Crippen LogP contribution in [0.1, 0.15) is 32.1 Å². The molecule has 1 aliphatic heterocycles. The van der Waals surface area contributed by atoms with Crippen LogP contribution in [0.25, 0.3) is 0 Å². The van der Waals surface area contributed by atoms with E-state index in [1.54, 1.807) is 6.08 Å². The van der Waals surface area contributed by atoms with Crippen LogP contribution in [0.5, 0.6) is 0 Å². The lowest BCUT2D eigenvalue weighted by Crippen LogP contribution is -2.41. The molecule has 0 aliphatic carbocycles. The summed E-state index contributed by atoms with van der Waals surface area (Å²) in [7, 11) is 0. The predicted octanol–water partition coefficient (Wildman–Crippen LogP) is 1.09. The van der Waals surface area contributed by atoms with Crippen LogP contribution in [0, 0.1) is 0 Å². The Morgan fingerprint density at radius 2 is 2.35 bits per heavy atom. The van der Waals surface area contributed by atoms with Crippen molar-refractivity contribution in [3.63, 3.8) is 0 Å². The molecular formula is C12H19NO4. The van der Waals surface area contributed by atoms with Gasteiger partial charge in [0, 0.05) is 6.61 Å². The van der Waals surface area contributed by atoms with Crippen molar-refractivity contribution in [2.75, 3.05) is 6.61 Å². The second-order valence-corrected chi connectivity index (χ2v) is 4.16. The number of amides is 1. The highest BCUT2D eigenvalue weighted by atomic mass is 16.5. The van der Waals surface area contributed by atoms with Crippen molar-refractivity contribution < 1.29 is 19.4 Å². The number of carboxylic acid groups (broad SMARTS) is 1. The van der Waals surface area contributed by atoms with Crippen LogP contribution in [0.15, 0.2) is 12.7 Å². The summed E-state index contributed by atoms with van der Waals surface area (Å²) in [5.41, 5.74) is 0. The van der Waals surface area contributed by atoms with Crippen LogP contribution < -0.4 is 5.32 Å². The van der Waals surface area contributed by atoms with Crippen LogP contribution in [0.4, 0.5) is 0 Å². The van der Waals surface area contributed by atoms with Crippen molar-refractivity contribution in [2.45, 2.75) is 44.2 Å². The number of ether oxygens (including phenoxy) is 1. The summed E-state index contributed by atoms with van der Waals surface area (Å²) >= 11 is 0. The van der Waals surface area contributed by atoms with Gasteiger partial charge in [0.15, 0.2) is 0 Å². The highest BCUT2D eigenvalue weighted by Crippen LogP contribution is 2.15. The summed E-state index contributed by atoms with van der Waals surface area (Å²) in [6.45, 7) is 4.22. The Labute approximate surface area is 101 Å². The molecule has 0 aromatic rings. The van der Waals surface area contributed by atoms with Crippen molar-refractivity contribution in [1.82, 2.24) is 5.32 Å². The quantitative estimate of drug-likeness (QED) is 0.654. The highest BCUT2D eigenvalue weighted by molar-refractivity contribution is 5.83. The zero-order valence-corrected chi connectivity index (χ0v) is 9.85. The van der Waals surface area contributed by atoms with Crippen LogP contribution in [-0.2, 0) is 14.3 Å². The average molecular weight is 241 g/mol. The van der Waals surface area contributed by atoms with Crippen LogP contribution >= 0.6 is 0 Å². The lowest BCUT2D eigenvalue weighted by molar-refractivity contribution is -0.142. The predicted molar refractivity (Wildman–Crippen MR) is 62.6 cm³/mol. The zero-order chi connectivity index (χ0) is 12.7. The first-order valence-corrected chi connectivity index (χ1v) is 5.88. The van der Waals surface area contributed by atoms with E-state index in [1.165, 1.54) is 0 Å². The molecule has 96 valence electrons. The number of hydrogen-bond donors (Lipinski definition) is 2. The molecule has 0 saturated carbocycles. The Kier molecular flexibility index (Phi) is 5.69. The minimum atomic E-state index is -1.01. The van der Waals surface area contributed by atoms with Gasteiger partial charge in [-0.3, -0.25) is 4.79 Å². The maximum atomic E-state index is 11.6. The minimum Gasteiger partial charge on any atom is -0.480 e. The van der Waals surface area contributed by atoms with Crippen LogP contribution in [0.3, 0.4) is 0 Å². The Morgan fingerprint density at radius 1 is 1.59 bits per heavy atom. The number of allylic oxidation sites excluding steroid dienone is 1. The van der Waals surface area contributed by atoms with E-state index in [0.29, 0.717) is 19.4 Å². The Balaban J connectivity index is 2.34. The molecule has 5 heteroatoms. The third-order valence-corrected chi connectivity index (χ3v) is 2.73. The molecule has 1 saturated heterocycles. The molecular weight excluding hydrogens is 222 g/mol. The summed E-state index contributed by atoms with van der Waals surface area (Å²) in [5, 5.41) is 11.4. The second-order valence-electron chi connectivity index (χ2n) is 4.16. The van der Waals surface area contributed by atoms with E-state index in [4.69, 9.17) is 9.84 Å². The van der Waals surface area contributed by atoms with Gasteiger partial charge in [0.25, 0.3) is 0 Å². The van der Waals surface area contributed by atoms with Crippen molar-refractivity contribution >= 4 is 11.9 Å². The number of carbonyl (C=O) groups excluding carboxylic acids is 1. The maximum absolute atomic E-state index is 11.6. The number of aliphatic carboxylic acids is 1. The summed E-state index contributed by atoms with van der Waals surface area (Å²) in [6, 6.07) is -0.832. The molecule has 0 bridgehead atoms. The molecule has 2 N–H and O–H groups in total. The second kappa shape index (κ2) is 7.06. The average Bonchev–Trinajstić information content (AvgIpc) is 2.76. The van der Waals surface area contributed by atoms with Gasteiger partial charge in [-0.2, -0.15) is 0 Å². The first kappa shape index (κ1) is 13.7. The molecule has 1 heterocycles. The zero-order valence-electron chi connectivity index (χ0n) is 9.85. The fourth-order valence-electron chi connectivity index (χ4n) is 1.81. The topological polar surface area (TPSA) is 75.6 Å². The molecule has 2 atom stereocenters. The van der Waals surface area contributed by atoms with Crippen molar-refractivity contribution in [3.8, 4) is 0 Å². The Morgan fingerprint density at radius 3 is 2.88 bits per heavy atom. The Bertz CT molecular complexity index is 284. The highest BCUT2D eigenvalue weighted by Gasteiger charge is 2.23. The number of nitrogens with one attached hydrogen (secondary N) is 1. The largest absolute Gasteiger partial charge is 0.480 e. The van der Waals surface area contributed by atoms with Crippen LogP contribution in [-0.4, -0.2) is 35.7 Å². The molecule has 0 aromatic carbocycles. The molecule has 17 heavy (non-hydrogen) atoms. The van der Waals surface area contributed by atoms with Gasteiger partial charge >= 0.3 is 5.97 Å². The van der Waals surface area contributed by atoms with E-state index in [9.17, 15) is 9.59 Å². The normalized spacial score (nSPS) is 20.8. The van der Waals surface area contributed by atoms with Gasteiger partial charge in [-0.05, 0) is 25.7 Å². The maximum Gasteiger partial charge on any atom is 0.326 e. The van der Waals surface area contributed by atoms with Gasteiger partial charge in [-0.1, -0.05) is 6.08 Å². The van der Waals surface area contributed by atoms with E-state index < -0.39 is 12.0 Å². The lowest BCUT2D eigenvalue weighted by atomic mass is 10.1. The molecule has 0 spiro atoms. The van der Waals surface area contributed by atoms with Gasteiger partial charge in [0.2, 0.25) is 5.91 Å². The van der Waals surface area contributed by atoms with Gasteiger partial charge in [-0.15, -0.1) is 6.58 Å². The van der Waals surface area contributed by atoms with Crippen molar-refractivity contribution in [1.29, 1.82) is 0 Å². The molecule has 1 aliphatic rings. The van der Waals surface area contributed by atoms with E-state index >= 15 is 0 Å². The molecule has 1 fully saturated rings. The van der Waals surface area contributed by atoms with E-state index in [0.717, 1.165) is 12.8 Å². The monoisotopic (exact) mass is 241 g/mol. The molecule has 5 nitrogen and oxygen atoms in total. The summed E-state index contributed by atoms with van der Waals surface area (Å²) < 4.78 is 5.32. The van der Waals surface area contributed by atoms with Crippen molar-refractivity contribution in [2.24, 2.45) is 0 Å². The Hall–Kier alpha value is -1.36. The SMILES string of the molecule is C=CCCC(NC(=O)CC1CCCO1)C(=O)O. The summed E-state index contributed by atoms with van der Waals surface area (Å²) in [5.74, 6) is -1.26. The van der Waals surface area contributed by atoms with E-state index in [2.05, 4.69) is 11.9 Å². The lowest BCUT2D eigenvalue weighted by Gasteiger charge is -2.15. The standard InChI is InChI=1S/C12H19NO4/c1-2-3-6-10(12(15)16)13-11(14)8-9-5-4-7-17-9/h2,9-10H,1,3-8H2,(H,13,14)(H,15,16). The first-order valence-electron chi connectivity index (χ1n) is 5.88. The number of hydrogen-bond acceptors (Lipinski definition) is 3. The molecule has 2 unspecified atom stereocenters. The van der Waals surface area contributed by atoms with Crippen molar-refractivity contribution in [3.05, 3.63) is 12.7 Å². The number of rotatable bonds is 7. The summed E-state index contributed by atoms with van der Waals surface area (Å²) in [4.78, 5) is 22.5. The smallest absolute Gasteiger partial charge is 0.326 e. The van der Waals surface area contributed by atoms with Gasteiger partial charge < -0.3 is 15.2 Å². The minimum absolute atomic E-state index is 0.0520. The van der Waals surface area contributed by atoms with Gasteiger partial charge in [0.05, 0.1) is 12.5 Å². The number of carbonyl (C=O) groups is 2. The molecule has 1 amide bonds. The van der Waals surface area contributed by atoms with Gasteiger partial charge in [-0.25, -0.2) is 4.79 Å². The van der Waals surface area contributed by atoms with E-state index in [1.807, 2.05) is 0 Å². The fourth-order valence-corrected chi connectivity index (χ4v) is 1.81. The number of carboxylic acids is 1. The first-order chi connectivity index (χ1) is 8.13. The molecule has 0 aromatic heterocycles. The third-order valence-electron chi connectivity index (χ3n) is 2.73. The molecule has 1 rings (SSSR count).